The molecule has 40 heavy (non-hydrogen) atoms. The minimum absolute atomic E-state index is 0.0181. The number of hydrogen-bond donors (Lipinski definition) is 1. The van der Waals surface area contributed by atoms with Gasteiger partial charge < -0.3 is 4.74 Å². The lowest BCUT2D eigenvalue weighted by atomic mass is 9.98. The van der Waals surface area contributed by atoms with Crippen LogP contribution in [0.2, 0.25) is 0 Å². The molecule has 1 aliphatic rings. The van der Waals surface area contributed by atoms with Crippen molar-refractivity contribution in [2.45, 2.75) is 37.8 Å². The summed E-state index contributed by atoms with van der Waals surface area (Å²) >= 11 is 0. The number of para-hydroxylation sites is 1. The molecule has 6 nitrogen and oxygen atoms in total. The number of fused-ring (bicyclic) bond motifs is 1. The number of amides is 1. The number of hydrogen-bond acceptors (Lipinski definition) is 4. The predicted molar refractivity (Wildman–Crippen MR) is 149 cm³/mol. The molecule has 1 N–H and O–H groups in total. The lowest BCUT2D eigenvalue weighted by Gasteiger charge is -2.30. The van der Waals surface area contributed by atoms with Gasteiger partial charge in [0.05, 0.1) is 32.0 Å². The Morgan fingerprint density at radius 1 is 1.05 bits per heavy atom. The van der Waals surface area contributed by atoms with Crippen LogP contribution < -0.4 is 13.9 Å². The number of carbonyl (C=O) groups excluding carboxylic acids is 1. The summed E-state index contributed by atoms with van der Waals surface area (Å²) < 4.78 is 72.6. The van der Waals surface area contributed by atoms with Crippen molar-refractivity contribution >= 4 is 27.2 Å². The van der Waals surface area contributed by atoms with E-state index in [9.17, 15) is 26.4 Å². The minimum atomic E-state index is -4.23. The molecule has 212 valence electrons. The molecule has 0 spiro atoms. The lowest BCUT2D eigenvalue weighted by molar-refractivity contribution is -0.143. The number of ether oxygens (including phenoxy) is 1. The van der Waals surface area contributed by atoms with Crippen LogP contribution in [0.5, 0.6) is 5.75 Å². The smallest absolute Gasteiger partial charge is 0.389 e. The number of sulfonamides is 1. The molecule has 3 aromatic rings. The van der Waals surface area contributed by atoms with E-state index < -0.39 is 34.4 Å². The number of alkyl halides is 3. The van der Waals surface area contributed by atoms with Crippen LogP contribution in [0.15, 0.2) is 77.8 Å². The van der Waals surface area contributed by atoms with Crippen molar-refractivity contribution in [3.63, 3.8) is 0 Å². The Bertz CT molecular complexity index is 1570. The van der Waals surface area contributed by atoms with Crippen molar-refractivity contribution in [1.82, 2.24) is 9.21 Å². The molecule has 3 aromatic carbocycles. The Hall–Kier alpha value is -3.63. The molecule has 0 saturated carbocycles. The first-order chi connectivity index (χ1) is 18.7. The second-order valence-corrected chi connectivity index (χ2v) is 12.1. The number of nitrogens with one attached hydrogen (secondary N) is 1. The van der Waals surface area contributed by atoms with Crippen molar-refractivity contribution in [2.75, 3.05) is 20.7 Å². The fourth-order valence-electron chi connectivity index (χ4n) is 5.40. The quantitative estimate of drug-likeness (QED) is 0.308. The van der Waals surface area contributed by atoms with E-state index in [1.54, 1.807) is 38.1 Å². The van der Waals surface area contributed by atoms with Crippen LogP contribution in [0.4, 0.5) is 18.9 Å². The first kappa shape index (κ1) is 29.4. The molecule has 0 radical (unpaired) electrons. The number of aryl methyl sites for hydroxylation is 1. The van der Waals surface area contributed by atoms with E-state index in [-0.39, 0.29) is 21.5 Å². The number of nitrogens with zero attached hydrogens (tertiary/aromatic N) is 1. The third-order valence-corrected chi connectivity index (χ3v) is 8.54. The highest BCUT2D eigenvalue weighted by atomic mass is 32.2. The first-order valence-electron chi connectivity index (χ1n) is 12.8. The molecule has 0 fully saturated rings. The third kappa shape index (κ3) is 6.39. The molecule has 0 saturated heterocycles. The predicted octanol–water partition coefficient (Wildman–Crippen LogP) is 6.25. The standard InChI is InChI=1S/C30H31F3N2O4S/c1-20(17-30(31,32)33)18-35(3)19-24(25-10-6-7-11-26(25)35)15-22-13-14-23(16-27(22)39-4)29(36)34-40(37,38)28-12-8-5-9-21(28)2/h5-14,16,19-20H,15,17-18H2,1-4H3/p+1/t20?,35-/m1/s1. The Labute approximate surface area is 232 Å². The number of quaternary nitrogens is 1. The maximum Gasteiger partial charge on any atom is 0.389 e. The summed E-state index contributed by atoms with van der Waals surface area (Å²) in [5.74, 6) is -0.982. The van der Waals surface area contributed by atoms with Gasteiger partial charge in [-0.25, -0.2) is 13.1 Å². The monoisotopic (exact) mass is 573 g/mol. The van der Waals surface area contributed by atoms with Gasteiger partial charge in [0, 0.05) is 35.1 Å². The molecular formula is C30H32F3N2O4S+. The van der Waals surface area contributed by atoms with Crippen LogP contribution in [0, 0.1) is 12.8 Å². The van der Waals surface area contributed by atoms with E-state index in [2.05, 4.69) is 4.72 Å². The highest BCUT2D eigenvalue weighted by molar-refractivity contribution is 7.90. The molecule has 1 aliphatic heterocycles. The molecule has 1 amide bonds. The maximum absolute atomic E-state index is 13.0. The second-order valence-electron chi connectivity index (χ2n) is 10.4. The van der Waals surface area contributed by atoms with Gasteiger partial charge in [-0.15, -0.1) is 0 Å². The van der Waals surface area contributed by atoms with Gasteiger partial charge in [0.15, 0.2) is 0 Å². The molecule has 2 atom stereocenters. The van der Waals surface area contributed by atoms with Crippen LogP contribution in [0.25, 0.3) is 5.57 Å². The molecule has 4 rings (SSSR count). The number of halogens is 3. The molecule has 10 heteroatoms. The van der Waals surface area contributed by atoms with Crippen LogP contribution >= 0.6 is 0 Å². The summed E-state index contributed by atoms with van der Waals surface area (Å²) in [5.41, 5.74) is 4.16. The molecule has 1 unspecified atom stereocenters. The van der Waals surface area contributed by atoms with Gasteiger partial charge in [-0.05, 0) is 42.3 Å². The summed E-state index contributed by atoms with van der Waals surface area (Å²) in [4.78, 5) is 12.9. The minimum Gasteiger partial charge on any atom is -0.496 e. The number of methoxy groups -OCH3 is 1. The largest absolute Gasteiger partial charge is 0.496 e. The summed E-state index contributed by atoms with van der Waals surface area (Å²) in [5, 5.41) is 0. The fourth-order valence-corrected chi connectivity index (χ4v) is 6.63. The van der Waals surface area contributed by atoms with E-state index in [1.807, 2.05) is 37.5 Å². The average molecular weight is 574 g/mol. The molecule has 0 aliphatic carbocycles. The summed E-state index contributed by atoms with van der Waals surface area (Å²) in [7, 11) is -0.717. The SMILES string of the molecule is COc1cc(C(=O)NS(=O)(=O)c2ccccc2C)ccc1CC1=C[N@@+](C)(CC(C)CC(F)(F)F)c2ccccc21. The van der Waals surface area contributed by atoms with Crippen LogP contribution in [-0.4, -0.2) is 41.2 Å². The Morgan fingerprint density at radius 3 is 2.40 bits per heavy atom. The van der Waals surface area contributed by atoms with Crippen molar-refractivity contribution < 1.29 is 31.1 Å². The van der Waals surface area contributed by atoms with Gasteiger partial charge in [-0.3, -0.25) is 9.28 Å². The first-order valence-corrected chi connectivity index (χ1v) is 14.2. The van der Waals surface area contributed by atoms with E-state index >= 15 is 0 Å². The zero-order chi connectivity index (χ0) is 29.3. The van der Waals surface area contributed by atoms with Gasteiger partial charge in [0.2, 0.25) is 0 Å². The summed E-state index contributed by atoms with van der Waals surface area (Å²) in [6.45, 7) is 3.54. The van der Waals surface area contributed by atoms with Crippen molar-refractivity contribution in [2.24, 2.45) is 5.92 Å². The Kier molecular flexibility index (Phi) is 8.14. The van der Waals surface area contributed by atoms with Gasteiger partial charge in [-0.2, -0.15) is 13.2 Å². The van der Waals surface area contributed by atoms with Gasteiger partial charge >= 0.3 is 6.18 Å². The zero-order valence-corrected chi connectivity index (χ0v) is 23.6. The van der Waals surface area contributed by atoms with Gasteiger partial charge in [0.25, 0.3) is 15.9 Å². The van der Waals surface area contributed by atoms with E-state index in [1.165, 1.54) is 25.3 Å². The van der Waals surface area contributed by atoms with Crippen LogP contribution in [0.3, 0.4) is 0 Å². The number of allylic oxidation sites excluding steroid dienone is 1. The molecule has 0 aromatic heterocycles. The van der Waals surface area contributed by atoms with Crippen molar-refractivity contribution in [3.8, 4) is 5.75 Å². The molecule has 0 bridgehead atoms. The second kappa shape index (κ2) is 11.1. The van der Waals surface area contributed by atoms with E-state index in [0.29, 0.717) is 17.7 Å². The molecular weight excluding hydrogens is 541 g/mol. The third-order valence-electron chi connectivity index (χ3n) is 7.05. The molecule has 1 heterocycles. The van der Waals surface area contributed by atoms with Crippen molar-refractivity contribution in [3.05, 3.63) is 95.2 Å². The van der Waals surface area contributed by atoms with E-state index in [4.69, 9.17) is 4.74 Å². The highest BCUT2D eigenvalue weighted by Crippen LogP contribution is 2.42. The zero-order valence-electron chi connectivity index (χ0n) is 22.7. The Balaban J connectivity index is 1.59. The lowest BCUT2D eigenvalue weighted by Crippen LogP contribution is -2.42. The average Bonchev–Trinajstić information content (AvgIpc) is 3.14. The number of carbonyl (C=O) groups is 1. The number of rotatable bonds is 9. The maximum atomic E-state index is 13.0. The van der Waals surface area contributed by atoms with Crippen LogP contribution in [0.1, 0.15) is 40.4 Å². The fraction of sp³-hybridized carbons (Fsp3) is 0.300. The van der Waals surface area contributed by atoms with Gasteiger partial charge in [0.1, 0.15) is 17.6 Å². The van der Waals surface area contributed by atoms with Gasteiger partial charge in [-0.1, -0.05) is 43.3 Å². The summed E-state index contributed by atoms with van der Waals surface area (Å²) in [6, 6.07) is 18.7. The van der Waals surface area contributed by atoms with E-state index in [0.717, 1.165) is 22.4 Å². The summed E-state index contributed by atoms with van der Waals surface area (Å²) in [6.07, 6.45) is -2.70. The topological polar surface area (TPSA) is 72.5 Å². The van der Waals surface area contributed by atoms with Crippen molar-refractivity contribution in [1.29, 1.82) is 0 Å². The Morgan fingerprint density at radius 2 is 1.73 bits per heavy atom. The number of benzene rings is 3. The normalized spacial score (nSPS) is 17.6. The highest BCUT2D eigenvalue weighted by Gasteiger charge is 2.39. The van der Waals surface area contributed by atoms with Crippen LogP contribution in [-0.2, 0) is 16.4 Å².